The van der Waals surface area contributed by atoms with Crippen molar-refractivity contribution in [2.75, 3.05) is 26.2 Å². The first-order valence-corrected chi connectivity index (χ1v) is 5.01. The largest absolute Gasteiger partial charge is 0.390 e. The van der Waals surface area contributed by atoms with E-state index in [-0.39, 0.29) is 19.1 Å². The van der Waals surface area contributed by atoms with Crippen molar-refractivity contribution < 1.29 is 10.2 Å². The molecule has 0 rings (SSSR count). The Morgan fingerprint density at radius 2 is 1.36 bits per heavy atom. The van der Waals surface area contributed by atoms with E-state index in [4.69, 9.17) is 11.5 Å². The molecule has 0 amide bonds. The molecule has 5 heteroatoms. The summed E-state index contributed by atoms with van der Waals surface area (Å²) in [4.78, 5) is 1.97. The molecule has 0 saturated carbocycles. The summed E-state index contributed by atoms with van der Waals surface area (Å²) in [6, 6.07) is 0.261. The second-order valence-electron chi connectivity index (χ2n) is 3.83. The highest BCUT2D eigenvalue weighted by atomic mass is 16.3. The standard InChI is InChI=1S/C9H23N3O2/c1-7(2)12(5-8(13)3-10)6-9(14)4-11/h7-9,13-14H,3-6,10-11H2,1-2H3/t8-,9-/m1/s1. The molecular weight excluding hydrogens is 182 g/mol. The Morgan fingerprint density at radius 3 is 1.57 bits per heavy atom. The first-order valence-electron chi connectivity index (χ1n) is 5.01. The summed E-state index contributed by atoms with van der Waals surface area (Å²) in [6.45, 7) is 5.44. The van der Waals surface area contributed by atoms with Gasteiger partial charge in [0.05, 0.1) is 12.2 Å². The van der Waals surface area contributed by atoms with Crippen LogP contribution in [0.3, 0.4) is 0 Å². The fourth-order valence-corrected chi connectivity index (χ4v) is 1.19. The van der Waals surface area contributed by atoms with Crippen molar-refractivity contribution in [3.63, 3.8) is 0 Å². The van der Waals surface area contributed by atoms with E-state index in [1.54, 1.807) is 0 Å². The number of hydrogen-bond donors (Lipinski definition) is 4. The summed E-state index contributed by atoms with van der Waals surface area (Å²) in [5, 5.41) is 18.8. The zero-order valence-corrected chi connectivity index (χ0v) is 9.06. The summed E-state index contributed by atoms with van der Waals surface area (Å²) >= 11 is 0. The van der Waals surface area contributed by atoms with Gasteiger partial charge < -0.3 is 21.7 Å². The quantitative estimate of drug-likeness (QED) is 0.399. The Hall–Kier alpha value is -0.200. The van der Waals surface area contributed by atoms with Gasteiger partial charge in [-0.05, 0) is 13.8 Å². The lowest BCUT2D eigenvalue weighted by atomic mass is 10.2. The van der Waals surface area contributed by atoms with Gasteiger partial charge in [0, 0.05) is 32.2 Å². The lowest BCUT2D eigenvalue weighted by molar-refractivity contribution is 0.0589. The molecule has 0 aliphatic carbocycles. The van der Waals surface area contributed by atoms with E-state index < -0.39 is 12.2 Å². The van der Waals surface area contributed by atoms with Crippen molar-refractivity contribution in [1.82, 2.24) is 4.90 Å². The topological polar surface area (TPSA) is 95.7 Å². The van der Waals surface area contributed by atoms with Crippen LogP contribution in [-0.4, -0.2) is 59.5 Å². The van der Waals surface area contributed by atoms with Gasteiger partial charge in [-0.15, -0.1) is 0 Å². The van der Waals surface area contributed by atoms with Crippen molar-refractivity contribution in [3.8, 4) is 0 Å². The molecule has 14 heavy (non-hydrogen) atoms. The molecule has 0 heterocycles. The SMILES string of the molecule is CC(C)N(C[C@H](O)CN)C[C@H](O)CN. The van der Waals surface area contributed by atoms with E-state index >= 15 is 0 Å². The average molecular weight is 205 g/mol. The average Bonchev–Trinajstić information content (AvgIpc) is 2.16. The second-order valence-corrected chi connectivity index (χ2v) is 3.83. The third-order valence-corrected chi connectivity index (χ3v) is 2.16. The summed E-state index contributed by atoms with van der Waals surface area (Å²) in [5.74, 6) is 0. The Bertz CT molecular complexity index is 132. The first kappa shape index (κ1) is 13.8. The molecule has 5 nitrogen and oxygen atoms in total. The van der Waals surface area contributed by atoms with E-state index in [1.165, 1.54) is 0 Å². The van der Waals surface area contributed by atoms with Gasteiger partial charge in [0.2, 0.25) is 0 Å². The summed E-state index contributed by atoms with van der Waals surface area (Å²) in [6.07, 6.45) is -1.08. The molecule has 0 unspecified atom stereocenters. The molecule has 0 bridgehead atoms. The summed E-state index contributed by atoms with van der Waals surface area (Å²) in [7, 11) is 0. The molecular formula is C9H23N3O2. The van der Waals surface area contributed by atoms with Crippen LogP contribution in [0.1, 0.15) is 13.8 Å². The lowest BCUT2D eigenvalue weighted by Crippen LogP contribution is -2.45. The normalized spacial score (nSPS) is 16.3. The molecule has 0 aromatic rings. The van der Waals surface area contributed by atoms with Crippen LogP contribution in [0.25, 0.3) is 0 Å². The van der Waals surface area contributed by atoms with E-state index in [9.17, 15) is 10.2 Å². The van der Waals surface area contributed by atoms with Crippen molar-refractivity contribution in [2.24, 2.45) is 11.5 Å². The fourth-order valence-electron chi connectivity index (χ4n) is 1.19. The predicted octanol–water partition coefficient (Wildman–Crippen LogP) is -1.66. The van der Waals surface area contributed by atoms with E-state index in [1.807, 2.05) is 18.7 Å². The van der Waals surface area contributed by atoms with Crippen LogP contribution in [0.5, 0.6) is 0 Å². The number of hydrogen-bond acceptors (Lipinski definition) is 5. The Balaban J connectivity index is 4.02. The van der Waals surface area contributed by atoms with Crippen molar-refractivity contribution in [1.29, 1.82) is 0 Å². The van der Waals surface area contributed by atoms with Gasteiger partial charge in [-0.25, -0.2) is 0 Å². The van der Waals surface area contributed by atoms with Crippen molar-refractivity contribution in [3.05, 3.63) is 0 Å². The zero-order chi connectivity index (χ0) is 11.1. The maximum absolute atomic E-state index is 9.38. The molecule has 0 radical (unpaired) electrons. The lowest BCUT2D eigenvalue weighted by Gasteiger charge is -2.29. The highest BCUT2D eigenvalue weighted by molar-refractivity contribution is 4.72. The van der Waals surface area contributed by atoms with Crippen LogP contribution in [0.2, 0.25) is 0 Å². The van der Waals surface area contributed by atoms with E-state index in [0.29, 0.717) is 13.1 Å². The fraction of sp³-hybridized carbons (Fsp3) is 1.00. The Morgan fingerprint density at radius 1 is 1.00 bits per heavy atom. The molecule has 0 aromatic heterocycles. The molecule has 2 atom stereocenters. The second kappa shape index (κ2) is 7.14. The van der Waals surface area contributed by atoms with Gasteiger partial charge in [-0.1, -0.05) is 0 Å². The predicted molar refractivity (Wildman–Crippen MR) is 56.8 cm³/mol. The minimum atomic E-state index is -0.539. The van der Waals surface area contributed by atoms with Crippen LogP contribution in [-0.2, 0) is 0 Å². The molecule has 86 valence electrons. The number of nitrogens with zero attached hydrogens (tertiary/aromatic N) is 1. The molecule has 0 saturated heterocycles. The van der Waals surface area contributed by atoms with Gasteiger partial charge in [0.1, 0.15) is 0 Å². The molecule has 6 N–H and O–H groups in total. The maximum Gasteiger partial charge on any atom is 0.0789 e. The smallest absolute Gasteiger partial charge is 0.0789 e. The van der Waals surface area contributed by atoms with Crippen molar-refractivity contribution in [2.45, 2.75) is 32.1 Å². The summed E-state index contributed by atoms with van der Waals surface area (Å²) < 4.78 is 0. The number of rotatable bonds is 7. The highest BCUT2D eigenvalue weighted by Gasteiger charge is 2.16. The minimum absolute atomic E-state index is 0.238. The third-order valence-electron chi connectivity index (χ3n) is 2.16. The first-order chi connectivity index (χ1) is 6.51. The van der Waals surface area contributed by atoms with Gasteiger partial charge >= 0.3 is 0 Å². The van der Waals surface area contributed by atoms with Crippen LogP contribution in [0.4, 0.5) is 0 Å². The number of aliphatic hydroxyl groups excluding tert-OH is 2. The van der Waals surface area contributed by atoms with Crippen LogP contribution in [0.15, 0.2) is 0 Å². The van der Waals surface area contributed by atoms with Gasteiger partial charge in [-0.3, -0.25) is 4.90 Å². The van der Waals surface area contributed by atoms with Crippen LogP contribution >= 0.6 is 0 Å². The Labute approximate surface area is 85.7 Å². The molecule has 0 aromatic carbocycles. The maximum atomic E-state index is 9.38. The van der Waals surface area contributed by atoms with Gasteiger partial charge in [0.25, 0.3) is 0 Å². The van der Waals surface area contributed by atoms with Gasteiger partial charge in [0.15, 0.2) is 0 Å². The number of aliphatic hydroxyl groups is 2. The molecule has 0 aliphatic rings. The zero-order valence-electron chi connectivity index (χ0n) is 9.06. The molecule has 0 aliphatic heterocycles. The monoisotopic (exact) mass is 205 g/mol. The molecule has 0 spiro atoms. The van der Waals surface area contributed by atoms with Crippen molar-refractivity contribution >= 4 is 0 Å². The van der Waals surface area contributed by atoms with Crippen LogP contribution < -0.4 is 11.5 Å². The highest BCUT2D eigenvalue weighted by Crippen LogP contribution is 2.01. The van der Waals surface area contributed by atoms with E-state index in [0.717, 1.165) is 0 Å². The van der Waals surface area contributed by atoms with Gasteiger partial charge in [-0.2, -0.15) is 0 Å². The summed E-state index contributed by atoms with van der Waals surface area (Å²) in [5.41, 5.74) is 10.6. The number of nitrogens with two attached hydrogens (primary N) is 2. The Kier molecular flexibility index (Phi) is 7.04. The third kappa shape index (κ3) is 5.51. The van der Waals surface area contributed by atoms with E-state index in [2.05, 4.69) is 0 Å². The minimum Gasteiger partial charge on any atom is -0.390 e. The molecule has 0 fully saturated rings. The van der Waals surface area contributed by atoms with Crippen LogP contribution in [0, 0.1) is 0 Å².